The molecule has 0 amide bonds. The minimum atomic E-state index is -1.04. The predicted molar refractivity (Wildman–Crippen MR) is 92.2 cm³/mol. The van der Waals surface area contributed by atoms with Crippen molar-refractivity contribution in [2.24, 2.45) is 7.05 Å². The molecule has 1 heterocycles. The largest absolute Gasteiger partial charge is 0.487 e. The summed E-state index contributed by atoms with van der Waals surface area (Å²) in [6, 6.07) is 0. The van der Waals surface area contributed by atoms with E-state index in [1.807, 2.05) is 19.0 Å². The van der Waals surface area contributed by atoms with Crippen LogP contribution in [-0.4, -0.2) is 49.3 Å². The zero-order chi connectivity index (χ0) is 19.6. The zero-order valence-electron chi connectivity index (χ0n) is 15.6. The Hall–Kier alpha value is -2.22. The number of ether oxygens (including phenoxy) is 2. The van der Waals surface area contributed by atoms with E-state index in [-0.39, 0.29) is 29.7 Å². The summed E-state index contributed by atoms with van der Waals surface area (Å²) in [7, 11) is 5.08. The van der Waals surface area contributed by atoms with Gasteiger partial charge >= 0.3 is 5.97 Å². The summed E-state index contributed by atoms with van der Waals surface area (Å²) < 4.78 is 55.3. The van der Waals surface area contributed by atoms with Crippen molar-refractivity contribution in [3.8, 4) is 5.75 Å². The van der Waals surface area contributed by atoms with Gasteiger partial charge in [0.15, 0.2) is 28.9 Å². The Balaban J connectivity index is 2.54. The highest BCUT2D eigenvalue weighted by Gasteiger charge is 2.30. The molecular weight excluding hydrogens is 349 g/mol. The molecule has 0 N–H and O–H groups in total. The van der Waals surface area contributed by atoms with Crippen LogP contribution in [0.2, 0.25) is 0 Å². The molecule has 0 aliphatic heterocycles. The lowest BCUT2D eigenvalue weighted by atomic mass is 10.1. The Morgan fingerprint density at radius 3 is 2.38 bits per heavy atom. The number of carbonyl (C=O) groups is 1. The number of nitrogens with zero attached hydrogens (tertiary/aromatic N) is 2. The summed E-state index contributed by atoms with van der Waals surface area (Å²) in [4.78, 5) is 13.9. The van der Waals surface area contributed by atoms with Gasteiger partial charge in [-0.05, 0) is 34.4 Å². The number of esters is 1. The van der Waals surface area contributed by atoms with Crippen LogP contribution in [0.25, 0.3) is 10.9 Å². The third-order valence-electron chi connectivity index (χ3n) is 4.11. The number of aromatic nitrogens is 1. The van der Waals surface area contributed by atoms with Gasteiger partial charge in [0.25, 0.3) is 0 Å². The molecule has 0 radical (unpaired) electrons. The zero-order valence-corrected chi connectivity index (χ0v) is 15.6. The molecule has 0 spiro atoms. The molecule has 8 heteroatoms. The maximum absolute atomic E-state index is 14.9. The van der Waals surface area contributed by atoms with Crippen LogP contribution in [-0.2, 0) is 11.8 Å². The lowest BCUT2D eigenvalue weighted by molar-refractivity contribution is 0.0510. The Labute approximate surface area is 150 Å². The molecule has 0 aliphatic rings. The highest BCUT2D eigenvalue weighted by atomic mass is 19.1. The smallest absolute Gasteiger partial charge is 0.358 e. The van der Waals surface area contributed by atoms with E-state index in [0.29, 0.717) is 13.0 Å². The second-order valence-electron chi connectivity index (χ2n) is 6.25. The van der Waals surface area contributed by atoms with E-state index in [1.54, 1.807) is 6.92 Å². The second-order valence-corrected chi connectivity index (χ2v) is 6.25. The van der Waals surface area contributed by atoms with Crippen LogP contribution in [0.15, 0.2) is 0 Å². The van der Waals surface area contributed by atoms with Crippen LogP contribution in [0.3, 0.4) is 0 Å². The van der Waals surface area contributed by atoms with Crippen LogP contribution >= 0.6 is 0 Å². The summed E-state index contributed by atoms with van der Waals surface area (Å²) in [6.45, 7) is 3.73. The van der Waals surface area contributed by atoms with E-state index >= 15 is 0 Å². The molecule has 0 unspecified atom stereocenters. The van der Waals surface area contributed by atoms with E-state index < -0.39 is 34.9 Å². The van der Waals surface area contributed by atoms with Gasteiger partial charge < -0.3 is 18.9 Å². The number of halogens is 3. The van der Waals surface area contributed by atoms with Crippen molar-refractivity contribution in [3.63, 3.8) is 0 Å². The number of aryl methyl sites for hydroxylation is 2. The quantitative estimate of drug-likeness (QED) is 0.552. The summed E-state index contributed by atoms with van der Waals surface area (Å²) >= 11 is 0. The predicted octanol–water partition coefficient (Wildman–Crippen LogP) is 3.41. The molecule has 0 aliphatic carbocycles. The number of rotatable bonds is 7. The first-order chi connectivity index (χ1) is 12.2. The maximum atomic E-state index is 14.9. The van der Waals surface area contributed by atoms with E-state index in [0.717, 1.165) is 4.57 Å². The molecule has 5 nitrogen and oxygen atoms in total. The van der Waals surface area contributed by atoms with Crippen molar-refractivity contribution in [1.29, 1.82) is 0 Å². The van der Waals surface area contributed by atoms with Gasteiger partial charge in [0.1, 0.15) is 0 Å². The Kier molecular flexibility index (Phi) is 6.17. The molecule has 0 saturated heterocycles. The Morgan fingerprint density at radius 2 is 1.81 bits per heavy atom. The van der Waals surface area contributed by atoms with Crippen molar-refractivity contribution in [1.82, 2.24) is 9.47 Å². The van der Waals surface area contributed by atoms with E-state index in [9.17, 15) is 18.0 Å². The van der Waals surface area contributed by atoms with Crippen molar-refractivity contribution >= 4 is 16.9 Å². The number of carbonyl (C=O) groups excluding carboxylic acids is 1. The number of benzene rings is 1. The van der Waals surface area contributed by atoms with Gasteiger partial charge in [-0.1, -0.05) is 0 Å². The standard InChI is InChI=1S/C18H23F3N2O3/c1-6-25-18(24)16-13(20)11-10(2)12(19)17(14(21)15(11)23(16)5)26-9-7-8-22(3)4/h6-9H2,1-5H3. The number of hydrogen-bond acceptors (Lipinski definition) is 4. The molecule has 2 rings (SSSR count). The lowest BCUT2D eigenvalue weighted by Gasteiger charge is -2.13. The molecule has 1 aromatic heterocycles. The first-order valence-electron chi connectivity index (χ1n) is 8.32. The molecule has 0 bridgehead atoms. The van der Waals surface area contributed by atoms with E-state index in [2.05, 4.69) is 0 Å². The van der Waals surface area contributed by atoms with E-state index in [1.165, 1.54) is 14.0 Å². The number of hydrogen-bond donors (Lipinski definition) is 0. The number of fused-ring (bicyclic) bond motifs is 1. The van der Waals surface area contributed by atoms with Crippen molar-refractivity contribution in [2.75, 3.05) is 33.9 Å². The van der Waals surface area contributed by atoms with Gasteiger partial charge in [0, 0.05) is 24.5 Å². The molecule has 0 fully saturated rings. The van der Waals surface area contributed by atoms with Crippen LogP contribution in [0.5, 0.6) is 5.75 Å². The molecule has 1 aromatic carbocycles. The first kappa shape index (κ1) is 20.1. The summed E-state index contributed by atoms with van der Waals surface area (Å²) in [5.74, 6) is -4.51. The fourth-order valence-corrected chi connectivity index (χ4v) is 2.84. The first-order valence-corrected chi connectivity index (χ1v) is 8.32. The molecule has 0 saturated carbocycles. The monoisotopic (exact) mass is 372 g/mol. The average molecular weight is 372 g/mol. The highest BCUT2D eigenvalue weighted by molar-refractivity contribution is 5.98. The van der Waals surface area contributed by atoms with Crippen molar-refractivity contribution in [3.05, 3.63) is 28.7 Å². The van der Waals surface area contributed by atoms with Crippen molar-refractivity contribution in [2.45, 2.75) is 20.3 Å². The molecule has 2 aromatic rings. The Bertz CT molecular complexity index is 831. The van der Waals surface area contributed by atoms with Gasteiger partial charge in [0.05, 0.1) is 18.7 Å². The highest BCUT2D eigenvalue weighted by Crippen LogP contribution is 2.37. The molecule has 144 valence electrons. The topological polar surface area (TPSA) is 43.7 Å². The van der Waals surface area contributed by atoms with Crippen LogP contribution < -0.4 is 4.74 Å². The summed E-state index contributed by atoms with van der Waals surface area (Å²) in [5, 5.41) is -0.286. The second kappa shape index (κ2) is 7.99. The van der Waals surface area contributed by atoms with Gasteiger partial charge in [-0.2, -0.15) is 0 Å². The third kappa shape index (κ3) is 3.51. The Morgan fingerprint density at radius 1 is 1.15 bits per heavy atom. The SMILES string of the molecule is CCOC(=O)c1c(F)c2c(C)c(F)c(OCCCN(C)C)c(F)c2n1C. The molecular formula is C18H23F3N2O3. The molecule has 26 heavy (non-hydrogen) atoms. The summed E-state index contributed by atoms with van der Waals surface area (Å²) in [6.07, 6.45) is 0.568. The van der Waals surface area contributed by atoms with Crippen LogP contribution in [0.1, 0.15) is 29.4 Å². The van der Waals surface area contributed by atoms with Gasteiger partial charge in [-0.3, -0.25) is 0 Å². The fraction of sp³-hybridized carbons (Fsp3) is 0.500. The van der Waals surface area contributed by atoms with Crippen molar-refractivity contribution < 1.29 is 27.4 Å². The van der Waals surface area contributed by atoms with Crippen LogP contribution in [0, 0.1) is 24.4 Å². The third-order valence-corrected chi connectivity index (χ3v) is 4.11. The van der Waals surface area contributed by atoms with Crippen LogP contribution in [0.4, 0.5) is 13.2 Å². The molecule has 0 atom stereocenters. The van der Waals surface area contributed by atoms with E-state index in [4.69, 9.17) is 9.47 Å². The average Bonchev–Trinajstić information content (AvgIpc) is 2.83. The lowest BCUT2D eigenvalue weighted by Crippen LogP contribution is -2.16. The minimum absolute atomic E-state index is 0.0376. The minimum Gasteiger partial charge on any atom is -0.487 e. The summed E-state index contributed by atoms with van der Waals surface area (Å²) in [5.41, 5.74) is -0.798. The fourth-order valence-electron chi connectivity index (χ4n) is 2.84. The van der Waals surface area contributed by atoms with Gasteiger partial charge in [-0.15, -0.1) is 0 Å². The normalized spacial score (nSPS) is 11.4. The van der Waals surface area contributed by atoms with Gasteiger partial charge in [0.2, 0.25) is 0 Å². The maximum Gasteiger partial charge on any atom is 0.358 e. The van der Waals surface area contributed by atoms with Gasteiger partial charge in [-0.25, -0.2) is 18.0 Å².